The zero-order valence-corrected chi connectivity index (χ0v) is 12.0. The van der Waals surface area contributed by atoms with Crippen LogP contribution in [0.1, 0.15) is 11.1 Å². The van der Waals surface area contributed by atoms with Gasteiger partial charge >= 0.3 is 0 Å². The van der Waals surface area contributed by atoms with Gasteiger partial charge in [0.15, 0.2) is 0 Å². The van der Waals surface area contributed by atoms with E-state index >= 15 is 0 Å². The van der Waals surface area contributed by atoms with E-state index in [1.165, 1.54) is 21.4 Å². The van der Waals surface area contributed by atoms with Crippen LogP contribution in [-0.4, -0.2) is 21.1 Å². The van der Waals surface area contributed by atoms with Gasteiger partial charge < -0.3 is 0 Å². The molecule has 0 unspecified atom stereocenters. The highest BCUT2D eigenvalue weighted by Gasteiger charge is 2.11. The Morgan fingerprint density at radius 2 is 1.81 bits per heavy atom. The first-order valence-electron chi connectivity index (χ1n) is 6.28. The van der Waals surface area contributed by atoms with Gasteiger partial charge in [-0.1, -0.05) is 6.07 Å². The number of hydrogen-bond acceptors (Lipinski definition) is 2. The fourth-order valence-corrected chi connectivity index (χ4v) is 2.07. The van der Waals surface area contributed by atoms with Crippen molar-refractivity contribution in [3.63, 3.8) is 0 Å². The second-order valence-electron chi connectivity index (χ2n) is 4.51. The number of aromatic nitrogens is 3. The summed E-state index contributed by atoms with van der Waals surface area (Å²) in [7, 11) is 0.500. The normalized spacial score (nSPS) is 10.3. The van der Waals surface area contributed by atoms with Crippen LogP contribution in [0.4, 0.5) is 8.78 Å². The van der Waals surface area contributed by atoms with Crippen LogP contribution in [0.2, 0.25) is 0 Å². The van der Waals surface area contributed by atoms with Crippen molar-refractivity contribution < 1.29 is 8.78 Å². The summed E-state index contributed by atoms with van der Waals surface area (Å²) in [4.78, 5) is 16.1. The Kier molecular flexibility index (Phi) is 4.16. The average Bonchev–Trinajstić information content (AvgIpc) is 2.94. The fraction of sp³-hybridized carbons (Fsp3) is 0.200. The van der Waals surface area contributed by atoms with Gasteiger partial charge in [-0.15, -0.1) is 0 Å². The zero-order valence-electron chi connectivity index (χ0n) is 12.0. The molecule has 0 aliphatic rings. The SMILES string of the molecule is CF.Cc1ccc(-n2c(=O)cc(F)n3ccnc23)cc1C. The highest BCUT2D eigenvalue weighted by molar-refractivity contribution is 5.46. The number of nitrogens with zero attached hydrogens (tertiary/aromatic N) is 3. The molecule has 1 aromatic carbocycles. The van der Waals surface area contributed by atoms with E-state index < -0.39 is 11.5 Å². The van der Waals surface area contributed by atoms with Crippen molar-refractivity contribution in [3.05, 3.63) is 64.1 Å². The first kappa shape index (κ1) is 14.9. The third kappa shape index (κ3) is 2.56. The quantitative estimate of drug-likeness (QED) is 0.647. The average molecular weight is 291 g/mol. The van der Waals surface area contributed by atoms with Crippen LogP contribution in [0, 0.1) is 19.8 Å². The Morgan fingerprint density at radius 1 is 1.10 bits per heavy atom. The highest BCUT2D eigenvalue weighted by Crippen LogP contribution is 2.15. The molecule has 3 rings (SSSR count). The lowest BCUT2D eigenvalue weighted by Gasteiger charge is -2.10. The molecule has 0 atom stereocenters. The Balaban J connectivity index is 0.000000774. The molecule has 21 heavy (non-hydrogen) atoms. The smallest absolute Gasteiger partial charge is 0.262 e. The molecule has 0 bridgehead atoms. The van der Waals surface area contributed by atoms with Crippen molar-refractivity contribution in [3.8, 4) is 5.69 Å². The number of benzene rings is 1. The number of halogens is 2. The number of rotatable bonds is 1. The number of imidazole rings is 1. The van der Waals surface area contributed by atoms with E-state index in [4.69, 9.17) is 0 Å². The molecule has 0 aliphatic carbocycles. The van der Waals surface area contributed by atoms with Crippen molar-refractivity contribution in [2.24, 2.45) is 0 Å². The summed E-state index contributed by atoms with van der Waals surface area (Å²) in [5, 5.41) is 0. The molecule has 0 spiro atoms. The molecule has 0 fully saturated rings. The lowest BCUT2D eigenvalue weighted by atomic mass is 10.1. The fourth-order valence-electron chi connectivity index (χ4n) is 2.07. The van der Waals surface area contributed by atoms with Crippen molar-refractivity contribution >= 4 is 5.78 Å². The minimum Gasteiger partial charge on any atom is -0.269 e. The standard InChI is InChI=1S/C14H12FN3O.CH3F/c1-9-3-4-11(7-10(9)2)18-13(19)8-12(15)17-6-5-16-14(17)18;1-2/h3-8H,1-2H3;1H3. The summed E-state index contributed by atoms with van der Waals surface area (Å²) in [6.07, 6.45) is 2.96. The maximum atomic E-state index is 13.6. The van der Waals surface area contributed by atoms with Gasteiger partial charge in [0.1, 0.15) is 0 Å². The predicted octanol–water partition coefficient (Wildman–Crippen LogP) is 2.83. The van der Waals surface area contributed by atoms with Crippen LogP contribution in [0.5, 0.6) is 0 Å². The Hall–Kier alpha value is -2.50. The topological polar surface area (TPSA) is 39.3 Å². The third-order valence-electron chi connectivity index (χ3n) is 3.26. The molecule has 2 heterocycles. The van der Waals surface area contributed by atoms with E-state index in [9.17, 15) is 13.6 Å². The zero-order chi connectivity index (χ0) is 15.6. The second kappa shape index (κ2) is 5.87. The molecule has 3 aromatic rings. The highest BCUT2D eigenvalue weighted by atomic mass is 19.1. The Morgan fingerprint density at radius 3 is 2.48 bits per heavy atom. The summed E-state index contributed by atoms with van der Waals surface area (Å²) in [6.45, 7) is 3.97. The number of hydrogen-bond donors (Lipinski definition) is 0. The molecule has 0 radical (unpaired) electrons. The number of alkyl halides is 1. The Bertz CT molecular complexity index is 837. The van der Waals surface area contributed by atoms with Crippen molar-refractivity contribution in [2.45, 2.75) is 13.8 Å². The largest absolute Gasteiger partial charge is 0.269 e. The summed E-state index contributed by atoms with van der Waals surface area (Å²) in [5.41, 5.74) is 2.46. The first-order chi connectivity index (χ1) is 10.1. The van der Waals surface area contributed by atoms with E-state index in [0.29, 0.717) is 12.9 Å². The monoisotopic (exact) mass is 291 g/mol. The molecule has 0 N–H and O–H groups in total. The van der Waals surface area contributed by atoms with Gasteiger partial charge in [-0.25, -0.2) is 9.55 Å². The summed E-state index contributed by atoms with van der Waals surface area (Å²) < 4.78 is 25.8. The lowest BCUT2D eigenvalue weighted by Crippen LogP contribution is -2.21. The van der Waals surface area contributed by atoms with E-state index in [1.54, 1.807) is 0 Å². The minimum atomic E-state index is -0.613. The summed E-state index contributed by atoms with van der Waals surface area (Å²) in [5.74, 6) is -0.342. The van der Waals surface area contributed by atoms with Gasteiger partial charge in [-0.2, -0.15) is 4.39 Å². The van der Waals surface area contributed by atoms with Crippen molar-refractivity contribution in [1.82, 2.24) is 14.0 Å². The van der Waals surface area contributed by atoms with Crippen molar-refractivity contribution in [2.75, 3.05) is 7.18 Å². The third-order valence-corrected chi connectivity index (χ3v) is 3.26. The van der Waals surface area contributed by atoms with Gasteiger partial charge in [0.05, 0.1) is 18.9 Å². The molecule has 0 saturated heterocycles. The van der Waals surface area contributed by atoms with Crippen molar-refractivity contribution in [1.29, 1.82) is 0 Å². The summed E-state index contributed by atoms with van der Waals surface area (Å²) in [6, 6.07) is 6.61. The number of aryl methyl sites for hydroxylation is 2. The molecule has 110 valence electrons. The van der Waals surface area contributed by atoms with Crippen LogP contribution in [0.25, 0.3) is 11.5 Å². The second-order valence-corrected chi connectivity index (χ2v) is 4.51. The minimum absolute atomic E-state index is 0.272. The van der Waals surface area contributed by atoms with E-state index in [-0.39, 0.29) is 5.78 Å². The molecule has 6 heteroatoms. The lowest BCUT2D eigenvalue weighted by molar-refractivity contribution is 0.558. The van der Waals surface area contributed by atoms with E-state index in [2.05, 4.69) is 4.98 Å². The van der Waals surface area contributed by atoms with Gasteiger partial charge in [0.2, 0.25) is 11.7 Å². The van der Waals surface area contributed by atoms with Gasteiger partial charge in [-0.3, -0.25) is 13.6 Å². The molecule has 2 aromatic heterocycles. The van der Waals surface area contributed by atoms with Gasteiger partial charge in [0, 0.05) is 12.4 Å². The Labute approximate surface area is 120 Å². The van der Waals surface area contributed by atoms with Crippen LogP contribution in [0.15, 0.2) is 41.5 Å². The first-order valence-corrected chi connectivity index (χ1v) is 6.28. The van der Waals surface area contributed by atoms with Crippen LogP contribution < -0.4 is 5.56 Å². The molecular weight excluding hydrogens is 276 g/mol. The predicted molar refractivity (Wildman–Crippen MR) is 77.3 cm³/mol. The van der Waals surface area contributed by atoms with Crippen LogP contribution in [0.3, 0.4) is 0 Å². The summed E-state index contributed by atoms with van der Waals surface area (Å²) >= 11 is 0. The molecule has 0 saturated carbocycles. The van der Waals surface area contributed by atoms with Gasteiger partial charge in [0.25, 0.3) is 5.56 Å². The maximum absolute atomic E-state index is 13.6. The van der Waals surface area contributed by atoms with E-state index in [1.807, 2.05) is 32.0 Å². The molecular formula is C15H15F2N3O. The molecule has 0 amide bonds. The van der Waals surface area contributed by atoms with Crippen LogP contribution >= 0.6 is 0 Å². The van der Waals surface area contributed by atoms with E-state index in [0.717, 1.165) is 17.2 Å². The number of fused-ring (bicyclic) bond motifs is 1. The molecule has 4 nitrogen and oxygen atoms in total. The van der Waals surface area contributed by atoms with Gasteiger partial charge in [-0.05, 0) is 37.1 Å². The van der Waals surface area contributed by atoms with Crippen LogP contribution in [-0.2, 0) is 0 Å². The molecule has 0 aliphatic heterocycles. The maximum Gasteiger partial charge on any atom is 0.262 e.